The number of hydrogen-bond donors (Lipinski definition) is 0. The van der Waals surface area contributed by atoms with Crippen LogP contribution >= 0.6 is 11.6 Å². The van der Waals surface area contributed by atoms with Crippen LogP contribution in [0.5, 0.6) is 0 Å². The van der Waals surface area contributed by atoms with Gasteiger partial charge in [-0.1, -0.05) is 17.7 Å². The molecule has 23 heavy (non-hydrogen) atoms. The molecule has 5 heteroatoms. The number of carbonyl (C=O) groups is 1. The normalized spacial score (nSPS) is 23.7. The van der Waals surface area contributed by atoms with Crippen molar-refractivity contribution in [1.82, 2.24) is 4.90 Å². The topological polar surface area (TPSA) is 29.5 Å². The summed E-state index contributed by atoms with van der Waals surface area (Å²) in [5.74, 6) is -0.338. The zero-order chi connectivity index (χ0) is 16.8. The average Bonchev–Trinajstić information content (AvgIpc) is 2.66. The van der Waals surface area contributed by atoms with E-state index in [0.29, 0.717) is 11.4 Å². The van der Waals surface area contributed by atoms with Crippen LogP contribution in [0.4, 0.5) is 9.18 Å². The third-order valence-electron chi connectivity index (χ3n) is 4.23. The predicted octanol–water partition coefficient (Wildman–Crippen LogP) is 5.03. The van der Waals surface area contributed by atoms with E-state index < -0.39 is 5.60 Å². The molecule has 2 aliphatic rings. The summed E-state index contributed by atoms with van der Waals surface area (Å²) in [6, 6.07) is 4.70. The van der Waals surface area contributed by atoms with Crippen LogP contribution < -0.4 is 0 Å². The molecule has 2 aliphatic heterocycles. The number of carbonyl (C=O) groups excluding carboxylic acids is 1. The number of amides is 1. The second-order valence-electron chi connectivity index (χ2n) is 7.24. The number of benzene rings is 1. The molecule has 0 N–H and O–H groups in total. The molecule has 2 unspecified atom stereocenters. The SMILES string of the molecule is CC(C)(C)OC(=O)N1C2C=C(c3cc(F)cc(Cl)c3)CC1CC2. The molecular formula is C18H21ClFNO2. The standard InChI is InChI=1S/C18H21ClFNO2/c1-18(2,3)23-17(22)21-15-4-5-16(21)9-12(8-15)11-6-13(19)10-14(20)7-11/h6-8,10,15-16H,4-5,9H2,1-3H3. The first kappa shape index (κ1) is 16.3. The summed E-state index contributed by atoms with van der Waals surface area (Å²) in [5, 5.41) is 0.391. The average molecular weight is 338 g/mol. The maximum atomic E-state index is 13.6. The van der Waals surface area contributed by atoms with Crippen molar-refractivity contribution >= 4 is 23.3 Å². The minimum Gasteiger partial charge on any atom is -0.444 e. The Hall–Kier alpha value is -1.55. The van der Waals surface area contributed by atoms with Crippen LogP contribution in [0.1, 0.15) is 45.6 Å². The molecular weight excluding hydrogens is 317 g/mol. The molecule has 3 rings (SSSR count). The highest BCUT2D eigenvalue weighted by atomic mass is 35.5. The quantitative estimate of drug-likeness (QED) is 0.719. The van der Waals surface area contributed by atoms with Crippen molar-refractivity contribution in [2.75, 3.05) is 0 Å². The van der Waals surface area contributed by atoms with E-state index in [1.807, 2.05) is 25.7 Å². The van der Waals surface area contributed by atoms with Gasteiger partial charge in [0.2, 0.25) is 0 Å². The third-order valence-corrected chi connectivity index (χ3v) is 4.45. The van der Waals surface area contributed by atoms with E-state index in [2.05, 4.69) is 6.08 Å². The Morgan fingerprint density at radius 3 is 2.65 bits per heavy atom. The first-order valence-corrected chi connectivity index (χ1v) is 8.29. The molecule has 0 saturated carbocycles. The van der Waals surface area contributed by atoms with Crippen LogP contribution in [-0.4, -0.2) is 28.7 Å². The van der Waals surface area contributed by atoms with Gasteiger partial charge in [0.1, 0.15) is 11.4 Å². The van der Waals surface area contributed by atoms with E-state index in [4.69, 9.17) is 16.3 Å². The molecule has 2 heterocycles. The summed E-state index contributed by atoms with van der Waals surface area (Å²) in [4.78, 5) is 14.2. The molecule has 0 spiro atoms. The minimum absolute atomic E-state index is 0.0145. The highest BCUT2D eigenvalue weighted by Crippen LogP contribution is 2.39. The largest absolute Gasteiger partial charge is 0.444 e. The van der Waals surface area contributed by atoms with Crippen molar-refractivity contribution in [3.63, 3.8) is 0 Å². The van der Waals surface area contributed by atoms with Crippen LogP contribution in [0.25, 0.3) is 5.57 Å². The van der Waals surface area contributed by atoms with Gasteiger partial charge in [0.05, 0.1) is 6.04 Å². The maximum Gasteiger partial charge on any atom is 0.411 e. The summed E-state index contributed by atoms with van der Waals surface area (Å²) in [6.45, 7) is 5.60. The molecule has 0 radical (unpaired) electrons. The van der Waals surface area contributed by atoms with E-state index in [-0.39, 0.29) is 24.0 Å². The number of halogens is 2. The van der Waals surface area contributed by atoms with Crippen molar-refractivity contribution in [2.24, 2.45) is 0 Å². The van der Waals surface area contributed by atoms with Crippen LogP contribution in [-0.2, 0) is 4.74 Å². The number of ether oxygens (including phenoxy) is 1. The lowest BCUT2D eigenvalue weighted by Crippen LogP contribution is -2.45. The van der Waals surface area contributed by atoms with Gasteiger partial charge in [0, 0.05) is 11.1 Å². The minimum atomic E-state index is -0.503. The van der Waals surface area contributed by atoms with E-state index in [1.54, 1.807) is 6.07 Å². The fraction of sp³-hybridized carbons (Fsp3) is 0.500. The molecule has 1 saturated heterocycles. The zero-order valence-corrected chi connectivity index (χ0v) is 14.4. The molecule has 1 aromatic carbocycles. The first-order valence-electron chi connectivity index (χ1n) is 7.91. The fourth-order valence-electron chi connectivity index (χ4n) is 3.38. The van der Waals surface area contributed by atoms with Gasteiger partial charge in [-0.3, -0.25) is 4.90 Å². The van der Waals surface area contributed by atoms with E-state index in [9.17, 15) is 9.18 Å². The summed E-state index contributed by atoms with van der Waals surface area (Å²) in [5.41, 5.74) is 1.35. The van der Waals surface area contributed by atoms with Crippen LogP contribution in [0, 0.1) is 5.82 Å². The van der Waals surface area contributed by atoms with Gasteiger partial charge in [0.15, 0.2) is 0 Å². The number of fused-ring (bicyclic) bond motifs is 2. The highest BCUT2D eigenvalue weighted by molar-refractivity contribution is 6.30. The maximum absolute atomic E-state index is 13.6. The summed E-state index contributed by atoms with van der Waals surface area (Å²) in [6.07, 6.45) is 4.34. The molecule has 2 bridgehead atoms. The first-order chi connectivity index (χ1) is 10.7. The number of nitrogens with zero attached hydrogens (tertiary/aromatic N) is 1. The van der Waals surface area contributed by atoms with Crippen LogP contribution in [0.15, 0.2) is 24.3 Å². The van der Waals surface area contributed by atoms with Gasteiger partial charge < -0.3 is 4.74 Å². The predicted molar refractivity (Wildman–Crippen MR) is 88.9 cm³/mol. The second-order valence-corrected chi connectivity index (χ2v) is 7.68. The third kappa shape index (κ3) is 3.52. The molecule has 1 amide bonds. The van der Waals surface area contributed by atoms with Gasteiger partial charge in [-0.15, -0.1) is 0 Å². The highest BCUT2D eigenvalue weighted by Gasteiger charge is 2.41. The monoisotopic (exact) mass is 337 g/mol. The lowest BCUT2D eigenvalue weighted by Gasteiger charge is -2.35. The lowest BCUT2D eigenvalue weighted by atomic mass is 9.95. The molecule has 0 aliphatic carbocycles. The van der Waals surface area contributed by atoms with Crippen molar-refractivity contribution in [1.29, 1.82) is 0 Å². The Labute approximate surface area is 141 Å². The van der Waals surface area contributed by atoms with Crippen molar-refractivity contribution in [3.8, 4) is 0 Å². The van der Waals surface area contributed by atoms with E-state index in [1.165, 1.54) is 12.1 Å². The molecule has 2 atom stereocenters. The lowest BCUT2D eigenvalue weighted by molar-refractivity contribution is 0.0175. The van der Waals surface area contributed by atoms with Crippen molar-refractivity contribution < 1.29 is 13.9 Å². The molecule has 0 aromatic heterocycles. The van der Waals surface area contributed by atoms with Gasteiger partial charge >= 0.3 is 6.09 Å². The van der Waals surface area contributed by atoms with E-state index in [0.717, 1.165) is 24.0 Å². The smallest absolute Gasteiger partial charge is 0.411 e. The van der Waals surface area contributed by atoms with Crippen molar-refractivity contribution in [2.45, 2.75) is 57.7 Å². The molecule has 1 aromatic rings. The van der Waals surface area contributed by atoms with Gasteiger partial charge in [-0.2, -0.15) is 0 Å². The molecule has 124 valence electrons. The molecule has 1 fully saturated rings. The summed E-state index contributed by atoms with van der Waals surface area (Å²) >= 11 is 5.96. The Morgan fingerprint density at radius 1 is 1.30 bits per heavy atom. The molecule has 3 nitrogen and oxygen atoms in total. The summed E-state index contributed by atoms with van der Waals surface area (Å²) < 4.78 is 19.1. The Morgan fingerprint density at radius 2 is 2.04 bits per heavy atom. The Kier molecular flexibility index (Phi) is 4.13. The fourth-order valence-corrected chi connectivity index (χ4v) is 3.60. The van der Waals surface area contributed by atoms with E-state index >= 15 is 0 Å². The van der Waals surface area contributed by atoms with Crippen molar-refractivity contribution in [3.05, 3.63) is 40.7 Å². The number of rotatable bonds is 1. The van der Waals surface area contributed by atoms with Gasteiger partial charge in [-0.05, 0) is 69.4 Å². The van der Waals surface area contributed by atoms with Gasteiger partial charge in [-0.25, -0.2) is 9.18 Å². The van der Waals surface area contributed by atoms with Crippen LogP contribution in [0.2, 0.25) is 5.02 Å². The van der Waals surface area contributed by atoms with Gasteiger partial charge in [0.25, 0.3) is 0 Å². The second kappa shape index (κ2) is 5.82. The Bertz CT molecular complexity index is 645. The summed E-state index contributed by atoms with van der Waals surface area (Å²) in [7, 11) is 0. The number of hydrogen-bond acceptors (Lipinski definition) is 2. The Balaban J connectivity index is 1.84. The zero-order valence-electron chi connectivity index (χ0n) is 13.6. The van der Waals surface area contributed by atoms with Crippen LogP contribution in [0.3, 0.4) is 0 Å².